The van der Waals surface area contributed by atoms with Crippen LogP contribution in [0.5, 0.6) is 0 Å². The smallest absolute Gasteiger partial charge is 0.315 e. The molecule has 1 aliphatic carbocycles. The summed E-state index contributed by atoms with van der Waals surface area (Å²) < 4.78 is 10.7. The average Bonchev–Trinajstić information content (AvgIpc) is 2.77. The number of hydrogen-bond donors (Lipinski definition) is 2. The second-order valence-corrected chi connectivity index (χ2v) is 6.99. The van der Waals surface area contributed by atoms with E-state index in [4.69, 9.17) is 9.26 Å². The van der Waals surface area contributed by atoms with E-state index in [1.165, 1.54) is 0 Å². The molecule has 2 rings (SSSR count). The zero-order valence-corrected chi connectivity index (χ0v) is 14.5. The second-order valence-electron chi connectivity index (χ2n) is 6.99. The highest BCUT2D eigenvalue weighted by molar-refractivity contribution is 5.75. The molecule has 0 spiro atoms. The normalized spacial score (nSPS) is 27.9. The Morgan fingerprint density at radius 2 is 2.05 bits per heavy atom. The molecule has 0 saturated heterocycles. The van der Waals surface area contributed by atoms with Gasteiger partial charge in [-0.25, -0.2) is 4.79 Å². The lowest BCUT2D eigenvalue weighted by Gasteiger charge is -2.59. The monoisotopic (exact) mass is 309 g/mol. The van der Waals surface area contributed by atoms with Crippen LogP contribution in [0.3, 0.4) is 0 Å². The standard InChI is InChI=1S/C16H27N3O3/c1-9(13-10(2)19-22-11(13)3)17-14(20)18-12-8-16(6,21-7)15(12,4)5/h9,12H,8H2,1-7H3,(H2,17,18,20)/t9-,12-,16+/m0/s1. The first-order valence-electron chi connectivity index (χ1n) is 7.67. The first-order chi connectivity index (χ1) is 10.1. The number of nitrogens with zero attached hydrogens (tertiary/aromatic N) is 1. The van der Waals surface area contributed by atoms with Gasteiger partial charge in [-0.15, -0.1) is 0 Å². The summed E-state index contributed by atoms with van der Waals surface area (Å²) >= 11 is 0. The Morgan fingerprint density at radius 3 is 2.50 bits per heavy atom. The van der Waals surface area contributed by atoms with Crippen LogP contribution in [0.4, 0.5) is 4.79 Å². The van der Waals surface area contributed by atoms with E-state index in [9.17, 15) is 4.79 Å². The van der Waals surface area contributed by atoms with Crippen molar-refractivity contribution in [1.29, 1.82) is 0 Å². The Bertz CT molecular complexity index is 547. The summed E-state index contributed by atoms with van der Waals surface area (Å²) in [4.78, 5) is 12.2. The number of urea groups is 1. The molecule has 2 N–H and O–H groups in total. The van der Waals surface area contributed by atoms with Gasteiger partial charge in [-0.05, 0) is 34.1 Å². The Labute approximate surface area is 132 Å². The molecule has 0 bridgehead atoms. The van der Waals surface area contributed by atoms with Crippen LogP contribution in [0.15, 0.2) is 4.52 Å². The van der Waals surface area contributed by atoms with Crippen LogP contribution in [0, 0.1) is 19.3 Å². The third-order valence-electron chi connectivity index (χ3n) is 5.45. The molecule has 124 valence electrons. The van der Waals surface area contributed by atoms with E-state index in [0.29, 0.717) is 0 Å². The molecule has 3 atom stereocenters. The Balaban J connectivity index is 1.95. The Kier molecular flexibility index (Phi) is 4.26. The van der Waals surface area contributed by atoms with Gasteiger partial charge < -0.3 is 19.9 Å². The number of aryl methyl sites for hydroxylation is 2. The lowest BCUT2D eigenvalue weighted by Crippen LogP contribution is -2.69. The molecule has 0 radical (unpaired) electrons. The number of amides is 2. The number of aromatic nitrogens is 1. The summed E-state index contributed by atoms with van der Waals surface area (Å²) in [5, 5.41) is 9.92. The molecule has 0 aromatic carbocycles. The van der Waals surface area contributed by atoms with E-state index in [1.807, 2.05) is 20.8 Å². The summed E-state index contributed by atoms with van der Waals surface area (Å²) in [5.41, 5.74) is 1.44. The van der Waals surface area contributed by atoms with Crippen molar-refractivity contribution in [3.63, 3.8) is 0 Å². The number of carbonyl (C=O) groups is 1. The fourth-order valence-corrected chi connectivity index (χ4v) is 3.30. The second kappa shape index (κ2) is 5.57. The van der Waals surface area contributed by atoms with Gasteiger partial charge >= 0.3 is 6.03 Å². The van der Waals surface area contributed by atoms with E-state index >= 15 is 0 Å². The van der Waals surface area contributed by atoms with Crippen LogP contribution in [0.25, 0.3) is 0 Å². The van der Waals surface area contributed by atoms with Crippen molar-refractivity contribution in [3.05, 3.63) is 17.0 Å². The van der Waals surface area contributed by atoms with E-state index < -0.39 is 0 Å². The van der Waals surface area contributed by atoms with Crippen molar-refractivity contribution in [2.75, 3.05) is 7.11 Å². The summed E-state index contributed by atoms with van der Waals surface area (Å²) in [6.45, 7) is 12.0. The maximum Gasteiger partial charge on any atom is 0.315 e. The molecule has 6 heteroatoms. The third kappa shape index (κ3) is 2.60. The molecule has 1 aromatic heterocycles. The van der Waals surface area contributed by atoms with E-state index in [1.54, 1.807) is 7.11 Å². The molecule has 0 unspecified atom stereocenters. The number of methoxy groups -OCH3 is 1. The van der Waals surface area contributed by atoms with Gasteiger partial charge in [0.1, 0.15) is 5.76 Å². The fourth-order valence-electron chi connectivity index (χ4n) is 3.30. The average molecular weight is 309 g/mol. The highest BCUT2D eigenvalue weighted by atomic mass is 16.5. The summed E-state index contributed by atoms with van der Waals surface area (Å²) in [6.07, 6.45) is 0.809. The highest BCUT2D eigenvalue weighted by Gasteiger charge is 2.58. The van der Waals surface area contributed by atoms with E-state index in [2.05, 4.69) is 36.6 Å². The van der Waals surface area contributed by atoms with Gasteiger partial charge in [0.2, 0.25) is 0 Å². The van der Waals surface area contributed by atoms with Gasteiger partial charge in [-0.2, -0.15) is 0 Å². The zero-order valence-electron chi connectivity index (χ0n) is 14.5. The number of hydrogen-bond acceptors (Lipinski definition) is 4. The lowest BCUT2D eigenvalue weighted by atomic mass is 9.56. The first kappa shape index (κ1) is 16.8. The maximum atomic E-state index is 12.2. The molecule has 1 aliphatic rings. The van der Waals surface area contributed by atoms with Gasteiger partial charge in [-0.1, -0.05) is 19.0 Å². The lowest BCUT2D eigenvalue weighted by molar-refractivity contribution is -0.177. The van der Waals surface area contributed by atoms with Crippen LogP contribution in [0.2, 0.25) is 0 Å². The maximum absolute atomic E-state index is 12.2. The predicted octanol–water partition coefficient (Wildman–Crippen LogP) is 2.86. The Hall–Kier alpha value is -1.56. The van der Waals surface area contributed by atoms with Crippen molar-refractivity contribution >= 4 is 6.03 Å². The van der Waals surface area contributed by atoms with E-state index in [0.717, 1.165) is 23.4 Å². The molecule has 2 amide bonds. The number of ether oxygens (including phenoxy) is 1. The molecular formula is C16H27N3O3. The number of rotatable bonds is 4. The molecule has 1 fully saturated rings. The summed E-state index contributed by atoms with van der Waals surface area (Å²) in [5.74, 6) is 0.737. The van der Waals surface area contributed by atoms with Crippen LogP contribution in [-0.2, 0) is 4.74 Å². The fraction of sp³-hybridized carbons (Fsp3) is 0.750. The first-order valence-corrected chi connectivity index (χ1v) is 7.67. The van der Waals surface area contributed by atoms with Crippen molar-refractivity contribution < 1.29 is 14.1 Å². The Morgan fingerprint density at radius 1 is 1.41 bits per heavy atom. The minimum absolute atomic E-state index is 0.0920. The van der Waals surface area contributed by atoms with Gasteiger partial charge in [-0.3, -0.25) is 0 Å². The van der Waals surface area contributed by atoms with Gasteiger partial charge in [0.25, 0.3) is 0 Å². The third-order valence-corrected chi connectivity index (χ3v) is 5.45. The SMILES string of the molecule is CO[C@]1(C)C[C@H](NC(=O)N[C@@H](C)c2c(C)noc2C)C1(C)C. The molecular weight excluding hydrogens is 282 g/mol. The minimum Gasteiger partial charge on any atom is -0.378 e. The molecule has 1 heterocycles. The largest absolute Gasteiger partial charge is 0.378 e. The molecule has 6 nitrogen and oxygen atoms in total. The molecule has 22 heavy (non-hydrogen) atoms. The zero-order chi connectivity index (χ0) is 16.7. The van der Waals surface area contributed by atoms with Gasteiger partial charge in [0, 0.05) is 24.1 Å². The summed E-state index contributed by atoms with van der Waals surface area (Å²) in [6, 6.07) is -0.235. The molecule has 0 aliphatic heterocycles. The van der Waals surface area contributed by atoms with Gasteiger partial charge in [0.15, 0.2) is 0 Å². The molecule has 1 aromatic rings. The van der Waals surface area contributed by atoms with Crippen molar-refractivity contribution in [2.45, 2.75) is 65.6 Å². The van der Waals surface area contributed by atoms with Crippen LogP contribution >= 0.6 is 0 Å². The van der Waals surface area contributed by atoms with Crippen molar-refractivity contribution in [3.8, 4) is 0 Å². The summed E-state index contributed by atoms with van der Waals surface area (Å²) in [7, 11) is 1.72. The predicted molar refractivity (Wildman–Crippen MR) is 83.7 cm³/mol. The molecule has 1 saturated carbocycles. The van der Waals surface area contributed by atoms with Crippen molar-refractivity contribution in [1.82, 2.24) is 15.8 Å². The highest BCUT2D eigenvalue weighted by Crippen LogP contribution is 2.51. The topological polar surface area (TPSA) is 76.4 Å². The number of nitrogens with one attached hydrogen (secondary N) is 2. The van der Waals surface area contributed by atoms with Crippen LogP contribution in [0.1, 0.15) is 57.2 Å². The van der Waals surface area contributed by atoms with Gasteiger partial charge in [0.05, 0.1) is 17.3 Å². The van der Waals surface area contributed by atoms with E-state index in [-0.39, 0.29) is 29.1 Å². The van der Waals surface area contributed by atoms with Crippen molar-refractivity contribution in [2.24, 2.45) is 5.41 Å². The number of carbonyl (C=O) groups excluding carboxylic acids is 1. The minimum atomic E-state index is -0.196. The quantitative estimate of drug-likeness (QED) is 0.896. The van der Waals surface area contributed by atoms with Crippen LogP contribution in [-0.4, -0.2) is 29.9 Å². The van der Waals surface area contributed by atoms with Crippen LogP contribution < -0.4 is 10.6 Å².